The number of hydrogen-bond acceptors (Lipinski definition) is 4. The Kier molecular flexibility index (Phi) is 7.86. The van der Waals surface area contributed by atoms with E-state index in [4.69, 9.17) is 15.0 Å². The van der Waals surface area contributed by atoms with Crippen LogP contribution >= 0.6 is 11.3 Å². The van der Waals surface area contributed by atoms with Crippen molar-refractivity contribution >= 4 is 53.3 Å². The first kappa shape index (κ1) is 33.2. The van der Waals surface area contributed by atoms with Crippen LogP contribution in [0.15, 0.2) is 206 Å². The van der Waals surface area contributed by atoms with Crippen LogP contribution in [0.5, 0.6) is 0 Å². The molecule has 3 heterocycles. The highest BCUT2D eigenvalue weighted by Crippen LogP contribution is 2.46. The van der Waals surface area contributed by atoms with Crippen molar-refractivity contribution < 1.29 is 0 Å². The lowest BCUT2D eigenvalue weighted by Gasteiger charge is -2.37. The standard InChI is InChI=1S/C52H34N4S/c1-4-18-37(19-5-1)52(38-20-6-2-7-21-38,39-22-8-3-9-23-39)40-24-16-17-35(33-40)49-53-50(36-31-32-44-43-27-12-15-30-47(43)57-48(44)34-36)55-51(54-49)56-45-28-13-10-25-41(45)42-26-11-14-29-46(42)56/h1-34H. The Morgan fingerprint density at radius 1 is 0.351 bits per heavy atom. The topological polar surface area (TPSA) is 43.6 Å². The Labute approximate surface area is 334 Å². The number of thiophene rings is 1. The largest absolute Gasteiger partial charge is 0.278 e. The van der Waals surface area contributed by atoms with Crippen molar-refractivity contribution in [3.8, 4) is 28.7 Å². The molecule has 8 aromatic carbocycles. The van der Waals surface area contributed by atoms with E-state index in [1.165, 1.54) is 36.9 Å². The predicted octanol–water partition coefficient (Wildman–Crippen LogP) is 13.1. The Morgan fingerprint density at radius 3 is 1.42 bits per heavy atom. The third-order valence-electron chi connectivity index (χ3n) is 11.2. The van der Waals surface area contributed by atoms with Gasteiger partial charge in [0.05, 0.1) is 16.4 Å². The number of fused-ring (bicyclic) bond motifs is 6. The lowest BCUT2D eigenvalue weighted by atomic mass is 9.65. The maximum atomic E-state index is 5.35. The Balaban J connectivity index is 1.18. The highest BCUT2D eigenvalue weighted by atomic mass is 32.1. The molecule has 0 unspecified atom stereocenters. The first-order valence-electron chi connectivity index (χ1n) is 19.2. The van der Waals surface area contributed by atoms with Crippen LogP contribution in [0.1, 0.15) is 22.3 Å². The molecule has 0 spiro atoms. The highest BCUT2D eigenvalue weighted by molar-refractivity contribution is 7.25. The van der Waals surface area contributed by atoms with Crippen LogP contribution < -0.4 is 0 Å². The molecule has 0 amide bonds. The predicted molar refractivity (Wildman–Crippen MR) is 236 cm³/mol. The van der Waals surface area contributed by atoms with Gasteiger partial charge in [0, 0.05) is 42.1 Å². The second-order valence-electron chi connectivity index (χ2n) is 14.4. The first-order chi connectivity index (χ1) is 28.3. The summed E-state index contributed by atoms with van der Waals surface area (Å²) in [6, 6.07) is 73.4. The second kappa shape index (κ2) is 13.5. The van der Waals surface area contributed by atoms with Crippen LogP contribution in [0.2, 0.25) is 0 Å². The fourth-order valence-corrected chi connectivity index (χ4v) is 9.83. The second-order valence-corrected chi connectivity index (χ2v) is 15.5. The van der Waals surface area contributed by atoms with Gasteiger partial charge in [-0.2, -0.15) is 9.97 Å². The average molecular weight is 747 g/mol. The molecule has 11 rings (SSSR count). The number of hydrogen-bond donors (Lipinski definition) is 0. The quantitative estimate of drug-likeness (QED) is 0.153. The van der Waals surface area contributed by atoms with E-state index in [1.54, 1.807) is 11.3 Å². The molecule has 0 aliphatic carbocycles. The minimum atomic E-state index is -0.614. The molecule has 0 bridgehead atoms. The van der Waals surface area contributed by atoms with Crippen molar-refractivity contribution in [3.63, 3.8) is 0 Å². The summed E-state index contributed by atoms with van der Waals surface area (Å²) in [5, 5.41) is 4.82. The molecule has 4 nitrogen and oxygen atoms in total. The third kappa shape index (κ3) is 5.39. The van der Waals surface area contributed by atoms with E-state index in [0.29, 0.717) is 17.6 Å². The molecular formula is C52H34N4S. The van der Waals surface area contributed by atoms with Gasteiger partial charge in [0.25, 0.3) is 0 Å². The summed E-state index contributed by atoms with van der Waals surface area (Å²) in [6.45, 7) is 0. The van der Waals surface area contributed by atoms with Gasteiger partial charge in [0.15, 0.2) is 11.6 Å². The number of benzene rings is 8. The smallest absolute Gasteiger partial charge is 0.238 e. The van der Waals surface area contributed by atoms with Gasteiger partial charge in [-0.3, -0.25) is 4.57 Å². The van der Waals surface area contributed by atoms with Crippen LogP contribution in [0, 0.1) is 0 Å². The summed E-state index contributed by atoms with van der Waals surface area (Å²) in [6.07, 6.45) is 0. The number of aromatic nitrogens is 4. The SMILES string of the molecule is c1ccc(C(c2ccccc2)(c2ccccc2)c2cccc(-c3nc(-c4ccc5c(c4)sc4ccccc45)nc(-n4c5ccccc5c5ccccc54)n3)c2)cc1. The highest BCUT2D eigenvalue weighted by Gasteiger charge is 2.38. The monoisotopic (exact) mass is 746 g/mol. The van der Waals surface area contributed by atoms with Gasteiger partial charge in [0.2, 0.25) is 5.95 Å². The minimum Gasteiger partial charge on any atom is -0.278 e. The molecule has 0 radical (unpaired) electrons. The van der Waals surface area contributed by atoms with Crippen molar-refractivity contribution in [2.24, 2.45) is 0 Å². The summed E-state index contributed by atoms with van der Waals surface area (Å²) in [5.41, 5.74) is 8.00. The van der Waals surface area contributed by atoms with Crippen LogP contribution in [0.4, 0.5) is 0 Å². The van der Waals surface area contributed by atoms with Gasteiger partial charge in [-0.15, -0.1) is 11.3 Å². The van der Waals surface area contributed by atoms with Crippen molar-refractivity contribution in [3.05, 3.63) is 229 Å². The van der Waals surface area contributed by atoms with Crippen molar-refractivity contribution in [1.82, 2.24) is 19.5 Å². The molecule has 0 atom stereocenters. The Bertz CT molecular complexity index is 3090. The van der Waals surface area contributed by atoms with E-state index in [2.05, 4.69) is 211 Å². The fourth-order valence-electron chi connectivity index (χ4n) is 8.68. The summed E-state index contributed by atoms with van der Waals surface area (Å²) in [4.78, 5) is 16.0. The molecular weight excluding hydrogens is 713 g/mol. The summed E-state index contributed by atoms with van der Waals surface area (Å²) < 4.78 is 4.65. The van der Waals surface area contributed by atoms with Crippen molar-refractivity contribution in [2.45, 2.75) is 5.41 Å². The normalized spacial score (nSPS) is 11.9. The zero-order chi connectivity index (χ0) is 37.8. The van der Waals surface area contributed by atoms with E-state index < -0.39 is 5.41 Å². The molecule has 3 aromatic heterocycles. The summed E-state index contributed by atoms with van der Waals surface area (Å²) in [7, 11) is 0. The zero-order valence-electron chi connectivity index (χ0n) is 30.8. The molecule has 11 aromatic rings. The molecule has 0 saturated carbocycles. The van der Waals surface area contributed by atoms with Gasteiger partial charge >= 0.3 is 0 Å². The molecule has 0 aliphatic heterocycles. The number of rotatable bonds is 7. The average Bonchev–Trinajstić information content (AvgIpc) is 3.83. The number of para-hydroxylation sites is 2. The molecule has 0 N–H and O–H groups in total. The third-order valence-corrected chi connectivity index (χ3v) is 12.3. The Morgan fingerprint density at radius 2 is 0.825 bits per heavy atom. The molecule has 57 heavy (non-hydrogen) atoms. The van der Waals surface area contributed by atoms with E-state index in [9.17, 15) is 0 Å². The van der Waals surface area contributed by atoms with E-state index in [1.807, 2.05) is 0 Å². The molecule has 0 fully saturated rings. The molecule has 268 valence electrons. The molecule has 5 heteroatoms. The Hall–Kier alpha value is -7.21. The van der Waals surface area contributed by atoms with Crippen molar-refractivity contribution in [2.75, 3.05) is 0 Å². The van der Waals surface area contributed by atoms with E-state index in [-0.39, 0.29) is 0 Å². The van der Waals surface area contributed by atoms with Gasteiger partial charge in [-0.1, -0.05) is 176 Å². The van der Waals surface area contributed by atoms with Crippen LogP contribution in [0.3, 0.4) is 0 Å². The lowest BCUT2D eigenvalue weighted by molar-refractivity contribution is 0.745. The van der Waals surface area contributed by atoms with Gasteiger partial charge in [0.1, 0.15) is 0 Å². The molecule has 0 aliphatic rings. The fraction of sp³-hybridized carbons (Fsp3) is 0.0192. The van der Waals surface area contributed by atoms with Gasteiger partial charge in [-0.25, -0.2) is 4.98 Å². The first-order valence-corrected chi connectivity index (χ1v) is 20.0. The molecule has 0 saturated heterocycles. The van der Waals surface area contributed by atoms with Crippen LogP contribution in [-0.4, -0.2) is 19.5 Å². The minimum absolute atomic E-state index is 0.578. The van der Waals surface area contributed by atoms with Crippen LogP contribution in [-0.2, 0) is 5.41 Å². The van der Waals surface area contributed by atoms with E-state index in [0.717, 1.165) is 38.5 Å². The van der Waals surface area contributed by atoms with Crippen LogP contribution in [0.25, 0.3) is 70.7 Å². The maximum Gasteiger partial charge on any atom is 0.238 e. The van der Waals surface area contributed by atoms with Gasteiger partial charge in [-0.05, 0) is 52.6 Å². The van der Waals surface area contributed by atoms with Gasteiger partial charge < -0.3 is 0 Å². The summed E-state index contributed by atoms with van der Waals surface area (Å²) >= 11 is 1.80. The van der Waals surface area contributed by atoms with E-state index >= 15 is 0 Å². The van der Waals surface area contributed by atoms with Crippen molar-refractivity contribution in [1.29, 1.82) is 0 Å². The maximum absolute atomic E-state index is 5.35. The summed E-state index contributed by atoms with van der Waals surface area (Å²) in [5.74, 6) is 1.81. The zero-order valence-corrected chi connectivity index (χ0v) is 31.6. The number of nitrogens with zero attached hydrogens (tertiary/aromatic N) is 4. The lowest BCUT2D eigenvalue weighted by Crippen LogP contribution is -2.31.